The van der Waals surface area contributed by atoms with Gasteiger partial charge in [-0.25, -0.2) is 0 Å². The lowest BCUT2D eigenvalue weighted by molar-refractivity contribution is 0.667. The van der Waals surface area contributed by atoms with E-state index in [9.17, 15) is 0 Å². The molecule has 11 aromatic rings. The number of furan rings is 1. The zero-order valence-corrected chi connectivity index (χ0v) is 28.8. The van der Waals surface area contributed by atoms with Crippen LogP contribution in [-0.2, 0) is 0 Å². The average Bonchev–Trinajstić information content (AvgIpc) is 3.90. The van der Waals surface area contributed by atoms with Crippen LogP contribution in [0.3, 0.4) is 0 Å². The van der Waals surface area contributed by atoms with Crippen LogP contribution in [0.4, 0.5) is 0 Å². The van der Waals surface area contributed by atoms with Crippen LogP contribution in [0.2, 0.25) is 0 Å². The average molecular weight is 677 g/mol. The molecule has 0 saturated carbocycles. The minimum absolute atomic E-state index is 0.870. The molecule has 53 heavy (non-hydrogen) atoms. The van der Waals surface area contributed by atoms with Crippen molar-refractivity contribution in [3.05, 3.63) is 194 Å². The highest BCUT2D eigenvalue weighted by molar-refractivity contribution is 6.23. The number of para-hydroxylation sites is 4. The Balaban J connectivity index is 1.35. The standard InChI is InChI=1S/C50H32N2O/c1-5-17-33(18-6-1)37-26-15-27-40-41-28-16-30-44(50(41)53-49(37)40)52-43-29-14-13-25-38(43)39-31-32-42-45(34-19-7-2-8-20-34)46(35-21-9-3-10-22-35)51(48(42)47(39)52)36-23-11-4-12-24-36/h1-32H. The van der Waals surface area contributed by atoms with Crippen molar-refractivity contribution >= 4 is 54.6 Å². The lowest BCUT2D eigenvalue weighted by atomic mass is 9.98. The number of benzene rings is 8. The van der Waals surface area contributed by atoms with Crippen molar-refractivity contribution < 1.29 is 4.42 Å². The lowest BCUT2D eigenvalue weighted by Gasteiger charge is -2.15. The molecule has 0 saturated heterocycles. The maximum atomic E-state index is 7.06. The SMILES string of the molecule is c1ccc(-c2c(-c3ccccc3)n(-c3ccccc3)c3c2ccc2c4ccccc4n(-c4cccc5c4oc4c(-c6ccccc6)cccc45)c23)cc1. The fraction of sp³-hybridized carbons (Fsp3) is 0. The van der Waals surface area contributed by atoms with Crippen LogP contribution in [0.25, 0.3) is 99.5 Å². The molecule has 0 atom stereocenters. The lowest BCUT2D eigenvalue weighted by Crippen LogP contribution is -2.00. The number of rotatable bonds is 5. The third-order valence-electron chi connectivity index (χ3n) is 10.7. The minimum atomic E-state index is 0.870. The summed E-state index contributed by atoms with van der Waals surface area (Å²) >= 11 is 0. The molecule has 0 radical (unpaired) electrons. The Morgan fingerprint density at radius 2 is 0.887 bits per heavy atom. The summed E-state index contributed by atoms with van der Waals surface area (Å²) in [6, 6.07) is 69.4. The van der Waals surface area contributed by atoms with Crippen LogP contribution in [0.15, 0.2) is 199 Å². The van der Waals surface area contributed by atoms with Crippen LogP contribution >= 0.6 is 0 Å². The van der Waals surface area contributed by atoms with Crippen LogP contribution in [-0.4, -0.2) is 9.13 Å². The van der Waals surface area contributed by atoms with Crippen molar-refractivity contribution in [3.63, 3.8) is 0 Å². The predicted octanol–water partition coefficient (Wildman–Crippen LogP) is 13.6. The number of nitrogens with zero attached hydrogens (tertiary/aromatic N) is 2. The van der Waals surface area contributed by atoms with E-state index in [1.54, 1.807) is 0 Å². The molecule has 0 aliphatic heterocycles. The minimum Gasteiger partial charge on any atom is -0.453 e. The third kappa shape index (κ3) is 4.41. The summed E-state index contributed by atoms with van der Waals surface area (Å²) in [5.74, 6) is 0. The van der Waals surface area contributed by atoms with Gasteiger partial charge in [0, 0.05) is 43.7 Å². The van der Waals surface area contributed by atoms with Gasteiger partial charge in [0.2, 0.25) is 0 Å². The Hall–Kier alpha value is -7.10. The molecule has 0 bridgehead atoms. The van der Waals surface area contributed by atoms with Gasteiger partial charge >= 0.3 is 0 Å². The van der Waals surface area contributed by atoms with Crippen LogP contribution < -0.4 is 0 Å². The molecule has 11 rings (SSSR count). The molecular weight excluding hydrogens is 645 g/mol. The predicted molar refractivity (Wildman–Crippen MR) is 221 cm³/mol. The van der Waals surface area contributed by atoms with Crippen molar-refractivity contribution in [3.8, 4) is 44.9 Å². The Kier molecular flexibility index (Phi) is 6.55. The first-order chi connectivity index (χ1) is 26.3. The topological polar surface area (TPSA) is 23.0 Å². The van der Waals surface area contributed by atoms with Gasteiger partial charge in [0.05, 0.1) is 27.9 Å². The van der Waals surface area contributed by atoms with Gasteiger partial charge in [-0.15, -0.1) is 0 Å². The summed E-state index contributed by atoms with van der Waals surface area (Å²) in [7, 11) is 0. The van der Waals surface area contributed by atoms with Gasteiger partial charge in [0.25, 0.3) is 0 Å². The van der Waals surface area contributed by atoms with Crippen molar-refractivity contribution in [2.24, 2.45) is 0 Å². The number of hydrogen-bond donors (Lipinski definition) is 0. The Bertz CT molecular complexity index is 3130. The Labute approximate surface area is 306 Å². The first-order valence-corrected chi connectivity index (χ1v) is 18.1. The number of fused-ring (bicyclic) bond motifs is 8. The van der Waals surface area contributed by atoms with Gasteiger partial charge in [0.1, 0.15) is 5.58 Å². The van der Waals surface area contributed by atoms with E-state index in [2.05, 4.69) is 203 Å². The van der Waals surface area contributed by atoms with E-state index in [0.717, 1.165) is 72.2 Å². The summed E-state index contributed by atoms with van der Waals surface area (Å²) in [5, 5.41) is 5.80. The summed E-state index contributed by atoms with van der Waals surface area (Å²) in [6.45, 7) is 0. The van der Waals surface area contributed by atoms with Gasteiger partial charge in [-0.05, 0) is 41.0 Å². The number of hydrogen-bond acceptors (Lipinski definition) is 1. The second-order valence-corrected chi connectivity index (χ2v) is 13.6. The Morgan fingerprint density at radius 1 is 0.340 bits per heavy atom. The molecule has 0 amide bonds. The van der Waals surface area contributed by atoms with E-state index in [-0.39, 0.29) is 0 Å². The van der Waals surface area contributed by atoms with Gasteiger partial charge in [-0.3, -0.25) is 0 Å². The van der Waals surface area contributed by atoms with Crippen LogP contribution in [0.5, 0.6) is 0 Å². The molecule has 0 aliphatic rings. The molecule has 3 aromatic heterocycles. The van der Waals surface area contributed by atoms with E-state index in [0.29, 0.717) is 0 Å². The molecule has 0 spiro atoms. The molecule has 0 aliphatic carbocycles. The smallest absolute Gasteiger partial charge is 0.159 e. The van der Waals surface area contributed by atoms with E-state index < -0.39 is 0 Å². The normalized spacial score (nSPS) is 11.8. The van der Waals surface area contributed by atoms with Gasteiger partial charge < -0.3 is 13.6 Å². The van der Waals surface area contributed by atoms with E-state index in [4.69, 9.17) is 4.42 Å². The molecule has 248 valence electrons. The van der Waals surface area contributed by atoms with Crippen molar-refractivity contribution in [1.29, 1.82) is 0 Å². The van der Waals surface area contributed by atoms with Gasteiger partial charge in [-0.1, -0.05) is 170 Å². The second kappa shape index (κ2) is 11.7. The largest absolute Gasteiger partial charge is 0.453 e. The highest BCUT2D eigenvalue weighted by Gasteiger charge is 2.27. The van der Waals surface area contributed by atoms with Gasteiger partial charge in [0.15, 0.2) is 5.58 Å². The summed E-state index contributed by atoms with van der Waals surface area (Å²) in [5.41, 5.74) is 14.3. The highest BCUT2D eigenvalue weighted by atomic mass is 16.3. The fourth-order valence-electron chi connectivity index (χ4n) is 8.50. The van der Waals surface area contributed by atoms with Crippen LogP contribution in [0, 0.1) is 0 Å². The summed E-state index contributed by atoms with van der Waals surface area (Å²) in [6.07, 6.45) is 0. The highest BCUT2D eigenvalue weighted by Crippen LogP contribution is 2.48. The third-order valence-corrected chi connectivity index (χ3v) is 10.7. The molecule has 0 fully saturated rings. The molecule has 0 unspecified atom stereocenters. The molecule has 8 aromatic carbocycles. The maximum absolute atomic E-state index is 7.06. The van der Waals surface area contributed by atoms with E-state index in [1.165, 1.54) is 27.3 Å². The summed E-state index contributed by atoms with van der Waals surface area (Å²) in [4.78, 5) is 0. The van der Waals surface area contributed by atoms with Crippen molar-refractivity contribution in [2.45, 2.75) is 0 Å². The molecule has 3 heteroatoms. The van der Waals surface area contributed by atoms with Gasteiger partial charge in [-0.2, -0.15) is 0 Å². The number of aromatic nitrogens is 2. The van der Waals surface area contributed by atoms with Crippen molar-refractivity contribution in [2.75, 3.05) is 0 Å². The molecule has 0 N–H and O–H groups in total. The van der Waals surface area contributed by atoms with Crippen LogP contribution in [0.1, 0.15) is 0 Å². The second-order valence-electron chi connectivity index (χ2n) is 13.6. The summed E-state index contributed by atoms with van der Waals surface area (Å²) < 4.78 is 12.0. The van der Waals surface area contributed by atoms with E-state index >= 15 is 0 Å². The molecular formula is C50H32N2O. The quantitative estimate of drug-likeness (QED) is 0.178. The monoisotopic (exact) mass is 676 g/mol. The zero-order chi connectivity index (χ0) is 34.9. The van der Waals surface area contributed by atoms with E-state index in [1.807, 2.05) is 0 Å². The first kappa shape index (κ1) is 29.6. The Morgan fingerprint density at radius 3 is 1.62 bits per heavy atom. The zero-order valence-electron chi connectivity index (χ0n) is 28.8. The fourth-order valence-corrected chi connectivity index (χ4v) is 8.50. The van der Waals surface area contributed by atoms with Crippen molar-refractivity contribution in [1.82, 2.24) is 9.13 Å². The maximum Gasteiger partial charge on any atom is 0.159 e. The molecule has 3 heterocycles. The first-order valence-electron chi connectivity index (χ1n) is 18.1. The molecule has 3 nitrogen and oxygen atoms in total.